The number of amides is 1. The van der Waals surface area contributed by atoms with Gasteiger partial charge in [0, 0.05) is 54.1 Å². The fraction of sp³-hybridized carbons (Fsp3) is 0.227. The van der Waals surface area contributed by atoms with Gasteiger partial charge in [-0.15, -0.1) is 11.8 Å². The molecule has 0 aliphatic carbocycles. The summed E-state index contributed by atoms with van der Waals surface area (Å²) in [7, 11) is 0. The molecule has 0 aliphatic rings. The number of hydrogen-bond acceptors (Lipinski definition) is 4. The lowest BCUT2D eigenvalue weighted by atomic mass is 10.2. The van der Waals surface area contributed by atoms with E-state index in [1.165, 1.54) is 0 Å². The van der Waals surface area contributed by atoms with E-state index in [4.69, 9.17) is 0 Å². The molecule has 0 spiro atoms. The van der Waals surface area contributed by atoms with Crippen LogP contribution in [0.3, 0.4) is 0 Å². The smallest absolute Gasteiger partial charge is 0.251 e. The maximum absolute atomic E-state index is 12.3. The Morgan fingerprint density at radius 1 is 1.14 bits per heavy atom. The van der Waals surface area contributed by atoms with Crippen LogP contribution in [0.5, 0.6) is 0 Å². The molecule has 4 aromatic rings. The number of imidazole rings is 2. The van der Waals surface area contributed by atoms with Crippen LogP contribution in [0.4, 0.5) is 0 Å². The number of pyridine rings is 1. The molecule has 0 unspecified atom stereocenters. The van der Waals surface area contributed by atoms with Gasteiger partial charge < -0.3 is 14.3 Å². The van der Waals surface area contributed by atoms with Crippen LogP contribution in [0.2, 0.25) is 0 Å². The normalized spacial score (nSPS) is 11.1. The van der Waals surface area contributed by atoms with Crippen molar-refractivity contribution in [2.75, 3.05) is 6.54 Å². The first-order valence-electron chi connectivity index (χ1n) is 9.60. The number of rotatable bonds is 8. The molecule has 29 heavy (non-hydrogen) atoms. The van der Waals surface area contributed by atoms with Gasteiger partial charge in [0.15, 0.2) is 0 Å². The lowest BCUT2D eigenvalue weighted by Crippen LogP contribution is -2.25. The molecular formula is C22H23N5OS. The predicted octanol–water partition coefficient (Wildman–Crippen LogP) is 3.95. The molecule has 0 atom stereocenters. The third-order valence-corrected chi connectivity index (χ3v) is 5.75. The molecule has 1 N–H and O–H groups in total. The lowest BCUT2D eigenvalue weighted by molar-refractivity contribution is 0.0952. The van der Waals surface area contributed by atoms with Crippen LogP contribution in [0, 0.1) is 6.92 Å². The summed E-state index contributed by atoms with van der Waals surface area (Å²) >= 11 is 1.71. The summed E-state index contributed by atoms with van der Waals surface area (Å²) < 4.78 is 4.11. The number of hydrogen-bond donors (Lipinski definition) is 1. The molecule has 3 heterocycles. The Hall–Kier alpha value is -3.06. The molecule has 1 amide bonds. The standard InChI is InChI=1S/C22H23N5OS/c1-17-23-11-14-26(17)13-4-10-24-22(28)18-6-8-20(9-7-18)29-16-19-15-27-12-3-2-5-21(27)25-19/h2-3,5-9,11-12,14-15H,4,10,13,16H2,1H3,(H,24,28). The lowest BCUT2D eigenvalue weighted by Gasteiger charge is -2.07. The second kappa shape index (κ2) is 8.96. The van der Waals surface area contributed by atoms with Crippen molar-refractivity contribution in [2.24, 2.45) is 0 Å². The Morgan fingerprint density at radius 2 is 2.00 bits per heavy atom. The zero-order chi connectivity index (χ0) is 20.1. The molecule has 7 heteroatoms. The quantitative estimate of drug-likeness (QED) is 0.356. The fourth-order valence-corrected chi connectivity index (χ4v) is 3.89. The molecular weight excluding hydrogens is 382 g/mol. The predicted molar refractivity (Wildman–Crippen MR) is 115 cm³/mol. The van der Waals surface area contributed by atoms with E-state index in [2.05, 4.69) is 26.0 Å². The second-order valence-electron chi connectivity index (χ2n) is 6.79. The van der Waals surface area contributed by atoms with Crippen LogP contribution in [-0.2, 0) is 12.3 Å². The first-order chi connectivity index (χ1) is 14.2. The van der Waals surface area contributed by atoms with Gasteiger partial charge in [0.25, 0.3) is 5.91 Å². The van der Waals surface area contributed by atoms with E-state index < -0.39 is 0 Å². The highest BCUT2D eigenvalue weighted by Crippen LogP contribution is 2.23. The molecule has 0 bridgehead atoms. The van der Waals surface area contributed by atoms with Gasteiger partial charge in [0.05, 0.1) is 5.69 Å². The maximum Gasteiger partial charge on any atom is 0.251 e. The third-order valence-electron chi connectivity index (χ3n) is 4.70. The minimum Gasteiger partial charge on any atom is -0.352 e. The van der Waals surface area contributed by atoms with E-state index in [1.807, 2.05) is 66.2 Å². The SMILES string of the molecule is Cc1nccn1CCCNC(=O)c1ccc(SCc2cn3ccccc3n2)cc1. The zero-order valence-corrected chi connectivity index (χ0v) is 17.1. The molecule has 0 radical (unpaired) electrons. The largest absolute Gasteiger partial charge is 0.352 e. The zero-order valence-electron chi connectivity index (χ0n) is 16.3. The number of benzene rings is 1. The molecule has 6 nitrogen and oxygen atoms in total. The van der Waals surface area contributed by atoms with Crippen molar-refractivity contribution in [3.63, 3.8) is 0 Å². The van der Waals surface area contributed by atoms with Crippen molar-refractivity contribution in [1.29, 1.82) is 0 Å². The van der Waals surface area contributed by atoms with Gasteiger partial charge >= 0.3 is 0 Å². The van der Waals surface area contributed by atoms with Gasteiger partial charge in [-0.2, -0.15) is 0 Å². The van der Waals surface area contributed by atoms with E-state index in [0.717, 1.165) is 40.8 Å². The molecule has 1 aromatic carbocycles. The summed E-state index contributed by atoms with van der Waals surface area (Å²) in [6, 6.07) is 13.7. The van der Waals surface area contributed by atoms with Gasteiger partial charge in [0.2, 0.25) is 0 Å². The van der Waals surface area contributed by atoms with Crippen LogP contribution in [-0.4, -0.2) is 31.4 Å². The molecule has 3 aromatic heterocycles. The van der Waals surface area contributed by atoms with Gasteiger partial charge in [-0.1, -0.05) is 6.07 Å². The Labute approximate surface area is 174 Å². The Kier molecular flexibility index (Phi) is 5.95. The van der Waals surface area contributed by atoms with E-state index in [-0.39, 0.29) is 5.91 Å². The number of fused-ring (bicyclic) bond motifs is 1. The highest BCUT2D eigenvalue weighted by Gasteiger charge is 2.06. The summed E-state index contributed by atoms with van der Waals surface area (Å²) in [4.78, 5) is 22.2. The number of carbonyl (C=O) groups excluding carboxylic acids is 1. The Morgan fingerprint density at radius 3 is 2.76 bits per heavy atom. The van der Waals surface area contributed by atoms with Crippen molar-refractivity contribution in [1.82, 2.24) is 24.3 Å². The molecule has 4 rings (SSSR count). The van der Waals surface area contributed by atoms with Crippen LogP contribution >= 0.6 is 11.8 Å². The first kappa shape index (κ1) is 19.3. The van der Waals surface area contributed by atoms with Crippen LogP contribution in [0.15, 0.2) is 72.1 Å². The fourth-order valence-electron chi connectivity index (χ4n) is 3.11. The first-order valence-corrected chi connectivity index (χ1v) is 10.6. The number of nitrogens with zero attached hydrogens (tertiary/aromatic N) is 4. The van der Waals surface area contributed by atoms with Crippen molar-refractivity contribution in [3.05, 3.63) is 84.3 Å². The molecule has 0 saturated carbocycles. The van der Waals surface area contributed by atoms with E-state index in [9.17, 15) is 4.79 Å². The number of carbonyl (C=O) groups is 1. The van der Waals surface area contributed by atoms with Gasteiger partial charge in [-0.05, 0) is 49.7 Å². The summed E-state index contributed by atoms with van der Waals surface area (Å²) in [6.07, 6.45) is 8.67. The minimum atomic E-state index is -0.0377. The topological polar surface area (TPSA) is 64.2 Å². The molecule has 0 saturated heterocycles. The minimum absolute atomic E-state index is 0.0377. The van der Waals surface area contributed by atoms with Crippen molar-refractivity contribution in [3.8, 4) is 0 Å². The summed E-state index contributed by atoms with van der Waals surface area (Å²) in [5.74, 6) is 1.75. The molecule has 148 valence electrons. The van der Waals surface area contributed by atoms with Crippen molar-refractivity contribution in [2.45, 2.75) is 30.5 Å². The molecule has 0 fully saturated rings. The van der Waals surface area contributed by atoms with Crippen LogP contribution in [0.25, 0.3) is 5.65 Å². The van der Waals surface area contributed by atoms with Crippen molar-refractivity contribution >= 4 is 23.3 Å². The second-order valence-corrected chi connectivity index (χ2v) is 7.84. The van der Waals surface area contributed by atoms with Gasteiger partial charge in [0.1, 0.15) is 11.5 Å². The summed E-state index contributed by atoms with van der Waals surface area (Å²) in [5.41, 5.74) is 2.68. The number of aromatic nitrogens is 4. The average Bonchev–Trinajstić information content (AvgIpc) is 3.35. The van der Waals surface area contributed by atoms with Gasteiger partial charge in [-0.3, -0.25) is 4.79 Å². The maximum atomic E-state index is 12.3. The van der Waals surface area contributed by atoms with Crippen LogP contribution < -0.4 is 5.32 Å². The van der Waals surface area contributed by atoms with E-state index >= 15 is 0 Å². The number of thioether (sulfide) groups is 1. The molecule has 0 aliphatic heterocycles. The van der Waals surface area contributed by atoms with Gasteiger partial charge in [-0.25, -0.2) is 9.97 Å². The van der Waals surface area contributed by atoms with Crippen LogP contribution in [0.1, 0.15) is 28.3 Å². The monoisotopic (exact) mass is 405 g/mol. The van der Waals surface area contributed by atoms with E-state index in [1.54, 1.807) is 18.0 Å². The Balaban J connectivity index is 1.24. The Bertz CT molecular complexity index is 1070. The summed E-state index contributed by atoms with van der Waals surface area (Å²) in [6.45, 7) is 3.47. The summed E-state index contributed by atoms with van der Waals surface area (Å²) in [5, 5.41) is 2.98. The highest BCUT2D eigenvalue weighted by atomic mass is 32.2. The number of nitrogens with one attached hydrogen (secondary N) is 1. The van der Waals surface area contributed by atoms with Crippen molar-refractivity contribution < 1.29 is 4.79 Å². The third kappa shape index (κ3) is 4.86. The average molecular weight is 406 g/mol. The van der Waals surface area contributed by atoms with E-state index in [0.29, 0.717) is 12.1 Å². The highest BCUT2D eigenvalue weighted by molar-refractivity contribution is 7.98. The number of aryl methyl sites for hydroxylation is 2.